The fraction of sp³-hybridized carbons (Fsp3) is 0.786. The number of amides is 3. The summed E-state index contributed by atoms with van der Waals surface area (Å²) in [6.07, 6.45) is -1.05. The first-order valence-corrected chi connectivity index (χ1v) is 6.86. The number of primary amides is 1. The molecule has 0 aliphatic heterocycles. The Bertz CT molecular complexity index is 394. The molecule has 7 heteroatoms. The summed E-state index contributed by atoms with van der Waals surface area (Å²) in [4.78, 5) is 34.8. The van der Waals surface area contributed by atoms with Crippen molar-refractivity contribution in [2.45, 2.75) is 59.6 Å². The number of carbonyl (C=O) groups excluding carboxylic acids is 3. The smallest absolute Gasteiger partial charge is 0.408 e. The molecule has 0 aromatic rings. The second kappa shape index (κ2) is 7.28. The third-order valence-electron chi connectivity index (χ3n) is 2.21. The molecule has 122 valence electrons. The van der Waals surface area contributed by atoms with Gasteiger partial charge in [0.2, 0.25) is 11.8 Å². The Morgan fingerprint density at radius 3 is 2.00 bits per heavy atom. The first-order chi connectivity index (χ1) is 9.30. The van der Waals surface area contributed by atoms with Crippen LogP contribution in [0.1, 0.15) is 48.0 Å². The molecule has 0 bridgehead atoms. The first kappa shape index (κ1) is 19.2. The molecule has 4 N–H and O–H groups in total. The number of hydrogen-bond donors (Lipinski definition) is 3. The predicted octanol–water partition coefficient (Wildman–Crippen LogP) is 0.917. The van der Waals surface area contributed by atoms with E-state index in [1.807, 2.05) is 20.8 Å². The summed E-state index contributed by atoms with van der Waals surface area (Å²) < 4.78 is 5.06. The Hall–Kier alpha value is -1.79. The molecule has 0 saturated carbocycles. The zero-order valence-corrected chi connectivity index (χ0v) is 13.7. The molecule has 0 radical (unpaired) electrons. The second-order valence-electron chi connectivity index (χ2n) is 7.15. The summed E-state index contributed by atoms with van der Waals surface area (Å²) in [6.45, 7) is 11.4. The van der Waals surface area contributed by atoms with Gasteiger partial charge in [-0.25, -0.2) is 4.79 Å². The Balaban J connectivity index is 4.68. The van der Waals surface area contributed by atoms with Gasteiger partial charge in [-0.05, 0) is 26.2 Å². The average Bonchev–Trinajstić information content (AvgIpc) is 2.20. The van der Waals surface area contributed by atoms with Gasteiger partial charge in [0.15, 0.2) is 0 Å². The van der Waals surface area contributed by atoms with Gasteiger partial charge >= 0.3 is 6.09 Å². The number of hydrogen-bond acceptors (Lipinski definition) is 4. The minimum Gasteiger partial charge on any atom is -0.444 e. The van der Waals surface area contributed by atoms with Gasteiger partial charge in [0.1, 0.15) is 11.6 Å². The van der Waals surface area contributed by atoms with Crippen molar-refractivity contribution in [1.82, 2.24) is 10.6 Å². The van der Waals surface area contributed by atoms with Crippen LogP contribution in [-0.4, -0.2) is 36.1 Å². The van der Waals surface area contributed by atoms with E-state index < -0.39 is 29.6 Å². The Morgan fingerprint density at radius 1 is 1.10 bits per heavy atom. The van der Waals surface area contributed by atoms with Crippen LogP contribution >= 0.6 is 0 Å². The Kier molecular flexibility index (Phi) is 6.66. The molecular formula is C14H27N3O4. The third kappa shape index (κ3) is 10.6. The fourth-order valence-corrected chi connectivity index (χ4v) is 1.34. The molecule has 0 aromatic carbocycles. The highest BCUT2D eigenvalue weighted by atomic mass is 16.6. The van der Waals surface area contributed by atoms with E-state index in [2.05, 4.69) is 10.6 Å². The molecule has 0 fully saturated rings. The second-order valence-corrected chi connectivity index (χ2v) is 7.15. The van der Waals surface area contributed by atoms with Crippen LogP contribution in [0.3, 0.4) is 0 Å². The van der Waals surface area contributed by atoms with E-state index in [0.717, 1.165) is 0 Å². The van der Waals surface area contributed by atoms with Crippen LogP contribution < -0.4 is 16.4 Å². The maximum Gasteiger partial charge on any atom is 0.408 e. The van der Waals surface area contributed by atoms with Gasteiger partial charge in [0, 0.05) is 6.54 Å². The van der Waals surface area contributed by atoms with Gasteiger partial charge in [-0.1, -0.05) is 20.8 Å². The minimum atomic E-state index is -1.04. The molecule has 0 aliphatic rings. The summed E-state index contributed by atoms with van der Waals surface area (Å²) in [6, 6.07) is -1.04. The summed E-state index contributed by atoms with van der Waals surface area (Å²) in [5, 5.41) is 5.05. The monoisotopic (exact) mass is 301 g/mol. The molecule has 21 heavy (non-hydrogen) atoms. The molecule has 7 nitrogen and oxygen atoms in total. The lowest BCUT2D eigenvalue weighted by atomic mass is 9.97. The normalized spacial score (nSPS) is 13.2. The predicted molar refractivity (Wildman–Crippen MR) is 79.4 cm³/mol. The van der Waals surface area contributed by atoms with Gasteiger partial charge < -0.3 is 21.1 Å². The lowest BCUT2D eigenvalue weighted by molar-refractivity contribution is -0.127. The lowest BCUT2D eigenvalue weighted by Crippen LogP contribution is -2.51. The molecular weight excluding hydrogens is 274 g/mol. The van der Waals surface area contributed by atoms with Gasteiger partial charge in [0.05, 0.1) is 6.42 Å². The van der Waals surface area contributed by atoms with Crippen molar-refractivity contribution in [2.75, 3.05) is 6.54 Å². The SMILES string of the molecule is CC(C)(C)CNC(=O)[C@@H](CC(N)=O)NC(=O)OC(C)(C)C. The quantitative estimate of drug-likeness (QED) is 0.701. The molecule has 0 aromatic heterocycles. The van der Waals surface area contributed by atoms with Crippen molar-refractivity contribution >= 4 is 17.9 Å². The van der Waals surface area contributed by atoms with Crippen LogP contribution in [0, 0.1) is 5.41 Å². The zero-order chi connectivity index (χ0) is 16.8. The number of nitrogens with one attached hydrogen (secondary N) is 2. The van der Waals surface area contributed by atoms with E-state index >= 15 is 0 Å². The van der Waals surface area contributed by atoms with E-state index in [0.29, 0.717) is 6.54 Å². The molecule has 0 spiro atoms. The lowest BCUT2D eigenvalue weighted by Gasteiger charge is -2.24. The van der Waals surface area contributed by atoms with Gasteiger partial charge in [-0.15, -0.1) is 0 Å². The summed E-state index contributed by atoms with van der Waals surface area (Å²) in [5.41, 5.74) is 4.30. The van der Waals surface area contributed by atoms with Crippen molar-refractivity contribution < 1.29 is 19.1 Å². The molecule has 0 aliphatic carbocycles. The highest BCUT2D eigenvalue weighted by Gasteiger charge is 2.26. The largest absolute Gasteiger partial charge is 0.444 e. The average molecular weight is 301 g/mol. The maximum absolute atomic E-state index is 12.0. The van der Waals surface area contributed by atoms with Crippen molar-refractivity contribution in [3.8, 4) is 0 Å². The number of alkyl carbamates (subject to hydrolysis) is 1. The van der Waals surface area contributed by atoms with Crippen LogP contribution in [0.5, 0.6) is 0 Å². The van der Waals surface area contributed by atoms with E-state index in [1.54, 1.807) is 20.8 Å². The molecule has 0 saturated heterocycles. The first-order valence-electron chi connectivity index (χ1n) is 6.86. The Morgan fingerprint density at radius 2 is 1.62 bits per heavy atom. The van der Waals surface area contributed by atoms with Gasteiger partial charge in [-0.2, -0.15) is 0 Å². The summed E-state index contributed by atoms with van der Waals surface area (Å²) >= 11 is 0. The Labute approximate surface area is 126 Å². The molecule has 0 rings (SSSR count). The van der Waals surface area contributed by atoms with Crippen LogP contribution in [0.2, 0.25) is 0 Å². The topological polar surface area (TPSA) is 111 Å². The van der Waals surface area contributed by atoms with Crippen LogP contribution in [0.25, 0.3) is 0 Å². The fourth-order valence-electron chi connectivity index (χ4n) is 1.34. The highest BCUT2D eigenvalue weighted by molar-refractivity contribution is 5.90. The zero-order valence-electron chi connectivity index (χ0n) is 13.7. The number of ether oxygens (including phenoxy) is 1. The minimum absolute atomic E-state index is 0.112. The van der Waals surface area contributed by atoms with Gasteiger partial charge in [0.25, 0.3) is 0 Å². The van der Waals surface area contributed by atoms with E-state index in [-0.39, 0.29) is 11.8 Å². The number of rotatable bonds is 5. The summed E-state index contributed by atoms with van der Waals surface area (Å²) in [5.74, 6) is -1.14. The summed E-state index contributed by atoms with van der Waals surface area (Å²) in [7, 11) is 0. The molecule has 0 unspecified atom stereocenters. The molecule has 3 amide bonds. The van der Waals surface area contributed by atoms with Crippen LogP contribution in [0.4, 0.5) is 4.79 Å². The van der Waals surface area contributed by atoms with Crippen LogP contribution in [0.15, 0.2) is 0 Å². The van der Waals surface area contributed by atoms with Crippen molar-refractivity contribution in [3.63, 3.8) is 0 Å². The number of carbonyl (C=O) groups is 3. The van der Waals surface area contributed by atoms with E-state index in [4.69, 9.17) is 10.5 Å². The molecule has 1 atom stereocenters. The van der Waals surface area contributed by atoms with Crippen molar-refractivity contribution in [2.24, 2.45) is 11.1 Å². The van der Waals surface area contributed by atoms with E-state index in [1.165, 1.54) is 0 Å². The third-order valence-corrected chi connectivity index (χ3v) is 2.21. The number of nitrogens with two attached hydrogens (primary N) is 1. The van der Waals surface area contributed by atoms with Crippen LogP contribution in [-0.2, 0) is 14.3 Å². The van der Waals surface area contributed by atoms with Gasteiger partial charge in [-0.3, -0.25) is 9.59 Å². The standard InChI is InChI=1S/C14H27N3O4/c1-13(2,3)8-16-11(19)9(7-10(15)18)17-12(20)21-14(4,5)6/h9H,7-8H2,1-6H3,(H2,15,18)(H,16,19)(H,17,20)/t9-/m1/s1. The van der Waals surface area contributed by atoms with Crippen molar-refractivity contribution in [1.29, 1.82) is 0 Å². The van der Waals surface area contributed by atoms with Crippen molar-refractivity contribution in [3.05, 3.63) is 0 Å². The molecule has 0 heterocycles. The highest BCUT2D eigenvalue weighted by Crippen LogP contribution is 2.11. The van der Waals surface area contributed by atoms with E-state index in [9.17, 15) is 14.4 Å². The maximum atomic E-state index is 12.0.